The maximum Gasteiger partial charge on any atom is 0.316 e. The van der Waals surface area contributed by atoms with Crippen molar-refractivity contribution in [1.82, 2.24) is 9.97 Å². The number of hydrogen-bond donors (Lipinski definition) is 1. The lowest BCUT2D eigenvalue weighted by Gasteiger charge is -2.09. The van der Waals surface area contributed by atoms with Gasteiger partial charge in [0.2, 0.25) is 0 Å². The van der Waals surface area contributed by atoms with Gasteiger partial charge in [-0.3, -0.25) is 4.72 Å². The Hall–Kier alpha value is -1.57. The number of halogens is 2. The second-order valence-electron chi connectivity index (χ2n) is 3.64. The lowest BCUT2D eigenvalue weighted by molar-refractivity contribution is 0.380. The number of sulfonamides is 1. The van der Waals surface area contributed by atoms with Gasteiger partial charge in [0.1, 0.15) is 4.90 Å². The van der Waals surface area contributed by atoms with E-state index in [1.54, 1.807) is 0 Å². The van der Waals surface area contributed by atoms with Gasteiger partial charge in [0.15, 0.2) is 0 Å². The molecule has 0 amide bonds. The summed E-state index contributed by atoms with van der Waals surface area (Å²) in [5.74, 6) is 0. The summed E-state index contributed by atoms with van der Waals surface area (Å²) in [5.41, 5.74) is 0.182. The summed E-state index contributed by atoms with van der Waals surface area (Å²) in [4.78, 5) is 7.47. The van der Waals surface area contributed by atoms with Gasteiger partial charge in [-0.05, 0) is 18.2 Å². The Morgan fingerprint density at radius 3 is 2.45 bits per heavy atom. The van der Waals surface area contributed by atoms with E-state index in [1.165, 1.54) is 37.7 Å². The molecule has 0 aliphatic heterocycles. The zero-order valence-electron chi connectivity index (χ0n) is 10.2. The number of aromatic nitrogens is 2. The van der Waals surface area contributed by atoms with Gasteiger partial charge < -0.3 is 4.74 Å². The van der Waals surface area contributed by atoms with Gasteiger partial charge in [0.25, 0.3) is 10.0 Å². The highest BCUT2D eigenvalue weighted by atomic mass is 35.5. The topological polar surface area (TPSA) is 81.2 Å². The van der Waals surface area contributed by atoms with Crippen molar-refractivity contribution in [2.75, 3.05) is 11.8 Å². The van der Waals surface area contributed by atoms with Crippen LogP contribution in [0.2, 0.25) is 10.0 Å². The Morgan fingerprint density at radius 2 is 1.85 bits per heavy atom. The highest BCUT2D eigenvalue weighted by Crippen LogP contribution is 2.26. The predicted molar refractivity (Wildman–Crippen MR) is 75.9 cm³/mol. The van der Waals surface area contributed by atoms with Crippen LogP contribution in [0.1, 0.15) is 0 Å². The van der Waals surface area contributed by atoms with Crippen molar-refractivity contribution in [2.24, 2.45) is 0 Å². The monoisotopic (exact) mass is 333 g/mol. The van der Waals surface area contributed by atoms with E-state index < -0.39 is 10.0 Å². The summed E-state index contributed by atoms with van der Waals surface area (Å²) in [7, 11) is -2.47. The standard InChI is InChI=1S/C11H9Cl2N3O3S/c1-19-11-14-5-8(6-15-11)16-20(17,18)10-4-7(12)2-3-9(10)13/h2-6,16H,1H3. The minimum absolute atomic E-state index is 0.0660. The smallest absolute Gasteiger partial charge is 0.316 e. The van der Waals surface area contributed by atoms with Gasteiger partial charge in [-0.2, -0.15) is 0 Å². The number of nitrogens with one attached hydrogen (secondary N) is 1. The second-order valence-corrected chi connectivity index (χ2v) is 6.13. The largest absolute Gasteiger partial charge is 0.467 e. The Morgan fingerprint density at radius 1 is 1.20 bits per heavy atom. The molecule has 9 heteroatoms. The summed E-state index contributed by atoms with van der Waals surface area (Å²) in [6.45, 7) is 0. The first-order valence-electron chi connectivity index (χ1n) is 5.26. The summed E-state index contributed by atoms with van der Waals surface area (Å²) in [5, 5.41) is 0.331. The fourth-order valence-corrected chi connectivity index (χ4v) is 3.16. The molecular formula is C11H9Cl2N3O3S. The van der Waals surface area contributed by atoms with E-state index in [2.05, 4.69) is 14.7 Å². The van der Waals surface area contributed by atoms with Crippen LogP contribution in [0.5, 0.6) is 6.01 Å². The SMILES string of the molecule is COc1ncc(NS(=O)(=O)c2cc(Cl)ccc2Cl)cn1. The van der Waals surface area contributed by atoms with E-state index >= 15 is 0 Å². The molecule has 106 valence electrons. The van der Waals surface area contributed by atoms with Gasteiger partial charge in [-0.25, -0.2) is 18.4 Å². The van der Waals surface area contributed by atoms with Crippen LogP contribution in [-0.4, -0.2) is 25.5 Å². The zero-order chi connectivity index (χ0) is 14.8. The van der Waals surface area contributed by atoms with Crippen LogP contribution in [0.25, 0.3) is 0 Å². The van der Waals surface area contributed by atoms with Crippen LogP contribution in [-0.2, 0) is 10.0 Å². The molecule has 0 atom stereocenters. The van der Waals surface area contributed by atoms with Gasteiger partial charge in [-0.15, -0.1) is 0 Å². The number of hydrogen-bond acceptors (Lipinski definition) is 5. The van der Waals surface area contributed by atoms with Crippen LogP contribution in [0, 0.1) is 0 Å². The van der Waals surface area contributed by atoms with Crippen LogP contribution in [0.4, 0.5) is 5.69 Å². The summed E-state index contributed by atoms with van der Waals surface area (Å²) in [6, 6.07) is 4.30. The molecule has 1 N–H and O–H groups in total. The van der Waals surface area contributed by atoms with Crippen molar-refractivity contribution in [1.29, 1.82) is 0 Å². The lowest BCUT2D eigenvalue weighted by Crippen LogP contribution is -2.14. The average Bonchev–Trinajstić information content (AvgIpc) is 2.42. The maximum atomic E-state index is 12.2. The van der Waals surface area contributed by atoms with Gasteiger partial charge >= 0.3 is 6.01 Å². The minimum atomic E-state index is -3.87. The lowest BCUT2D eigenvalue weighted by atomic mass is 10.4. The van der Waals surface area contributed by atoms with Crippen molar-refractivity contribution < 1.29 is 13.2 Å². The third-order valence-corrected chi connectivity index (χ3v) is 4.34. The van der Waals surface area contributed by atoms with E-state index in [4.69, 9.17) is 27.9 Å². The Labute approximate surface area is 125 Å². The van der Waals surface area contributed by atoms with Gasteiger partial charge in [0, 0.05) is 5.02 Å². The van der Waals surface area contributed by atoms with Crippen molar-refractivity contribution in [3.63, 3.8) is 0 Å². The fraction of sp³-hybridized carbons (Fsp3) is 0.0909. The molecule has 0 spiro atoms. The summed E-state index contributed by atoms with van der Waals surface area (Å²) in [6.07, 6.45) is 2.56. The van der Waals surface area contributed by atoms with E-state index in [0.717, 1.165) is 0 Å². The Kier molecular flexibility index (Phi) is 4.32. The molecule has 2 aromatic rings. The van der Waals surface area contributed by atoms with Crippen molar-refractivity contribution >= 4 is 38.9 Å². The Bertz CT molecular complexity index is 720. The van der Waals surface area contributed by atoms with Crippen molar-refractivity contribution in [2.45, 2.75) is 4.90 Å². The first-order chi connectivity index (χ1) is 9.42. The second kappa shape index (κ2) is 5.82. The fourth-order valence-electron chi connectivity index (χ4n) is 1.37. The van der Waals surface area contributed by atoms with Crippen molar-refractivity contribution in [3.05, 3.63) is 40.6 Å². The van der Waals surface area contributed by atoms with Crippen LogP contribution < -0.4 is 9.46 Å². The number of methoxy groups -OCH3 is 1. The minimum Gasteiger partial charge on any atom is -0.467 e. The number of benzene rings is 1. The number of anilines is 1. The summed E-state index contributed by atoms with van der Waals surface area (Å²) < 4.78 is 31.5. The van der Waals surface area contributed by atoms with E-state index in [1.807, 2.05) is 0 Å². The molecule has 0 aliphatic carbocycles. The molecule has 0 saturated carbocycles. The highest BCUT2D eigenvalue weighted by molar-refractivity contribution is 7.92. The molecule has 0 fully saturated rings. The first-order valence-corrected chi connectivity index (χ1v) is 7.50. The zero-order valence-corrected chi connectivity index (χ0v) is 12.5. The van der Waals surface area contributed by atoms with Crippen LogP contribution in [0.3, 0.4) is 0 Å². The molecule has 2 rings (SSSR count). The van der Waals surface area contributed by atoms with Gasteiger partial charge in [0.05, 0.1) is 30.2 Å². The quantitative estimate of drug-likeness (QED) is 0.929. The molecule has 1 aromatic carbocycles. The third kappa shape index (κ3) is 3.30. The predicted octanol–water partition coefficient (Wildman–Crippen LogP) is 2.59. The molecule has 20 heavy (non-hydrogen) atoms. The highest BCUT2D eigenvalue weighted by Gasteiger charge is 2.19. The van der Waals surface area contributed by atoms with Crippen LogP contribution >= 0.6 is 23.2 Å². The first kappa shape index (κ1) is 14.8. The summed E-state index contributed by atoms with van der Waals surface area (Å²) >= 11 is 11.6. The van der Waals surface area contributed by atoms with Gasteiger partial charge in [-0.1, -0.05) is 23.2 Å². The molecule has 0 unspecified atom stereocenters. The maximum absolute atomic E-state index is 12.2. The third-order valence-electron chi connectivity index (χ3n) is 2.25. The number of ether oxygens (including phenoxy) is 1. The van der Waals surface area contributed by atoms with E-state index in [9.17, 15) is 8.42 Å². The normalized spacial score (nSPS) is 11.2. The molecule has 1 aromatic heterocycles. The number of rotatable bonds is 4. The van der Waals surface area contributed by atoms with Crippen molar-refractivity contribution in [3.8, 4) is 6.01 Å². The number of nitrogens with zero attached hydrogens (tertiary/aromatic N) is 2. The average molecular weight is 334 g/mol. The molecule has 0 saturated heterocycles. The molecular weight excluding hydrogens is 325 g/mol. The molecule has 0 bridgehead atoms. The van der Waals surface area contributed by atoms with E-state index in [0.29, 0.717) is 0 Å². The molecule has 1 heterocycles. The molecule has 6 nitrogen and oxygen atoms in total. The van der Waals surface area contributed by atoms with Crippen LogP contribution in [0.15, 0.2) is 35.5 Å². The molecule has 0 radical (unpaired) electrons. The van der Waals surface area contributed by atoms with E-state index in [-0.39, 0.29) is 26.6 Å². The molecule has 0 aliphatic rings. The Balaban J connectivity index is 2.32.